The molecule has 0 saturated heterocycles. The number of amides is 2. The quantitative estimate of drug-likeness (QED) is 0.571. The molecule has 2 rings (SSSR count). The van der Waals surface area contributed by atoms with Crippen LogP contribution in [0.4, 0.5) is 0 Å². The number of unbranched alkanes of at least 4 members (excludes halogenated alkanes) is 1. The van der Waals surface area contributed by atoms with Crippen LogP contribution in [0.25, 0.3) is 6.08 Å². The first-order valence-corrected chi connectivity index (χ1v) is 8.13. The lowest BCUT2D eigenvalue weighted by molar-refractivity contribution is -0.117. The van der Waals surface area contributed by atoms with Crippen molar-refractivity contribution >= 4 is 17.9 Å². The van der Waals surface area contributed by atoms with E-state index in [2.05, 4.69) is 10.6 Å². The Hall–Kier alpha value is -3.02. The van der Waals surface area contributed by atoms with Gasteiger partial charge in [0.05, 0.1) is 13.4 Å². The van der Waals surface area contributed by atoms with Crippen LogP contribution in [-0.2, 0) is 4.79 Å². The summed E-state index contributed by atoms with van der Waals surface area (Å²) < 4.78 is 10.2. The Kier molecular flexibility index (Phi) is 6.83. The van der Waals surface area contributed by atoms with Gasteiger partial charge in [-0.2, -0.15) is 0 Å². The lowest BCUT2D eigenvalue weighted by Gasteiger charge is -2.10. The Balaban J connectivity index is 2.18. The molecule has 0 radical (unpaired) electrons. The summed E-state index contributed by atoms with van der Waals surface area (Å²) in [4.78, 5) is 24.6. The molecule has 1 aromatic carbocycles. The summed E-state index contributed by atoms with van der Waals surface area (Å²) in [5.74, 6) is 0.0345. The highest BCUT2D eigenvalue weighted by molar-refractivity contribution is 6.04. The van der Waals surface area contributed by atoms with Gasteiger partial charge in [0.1, 0.15) is 11.4 Å². The van der Waals surface area contributed by atoms with E-state index < -0.39 is 5.91 Å². The van der Waals surface area contributed by atoms with Crippen molar-refractivity contribution in [3.05, 3.63) is 59.7 Å². The van der Waals surface area contributed by atoms with Gasteiger partial charge in [-0.15, -0.1) is 0 Å². The van der Waals surface area contributed by atoms with Crippen LogP contribution in [0.5, 0.6) is 5.75 Å². The van der Waals surface area contributed by atoms with Crippen LogP contribution in [-0.4, -0.2) is 25.5 Å². The molecule has 1 heterocycles. The third kappa shape index (κ3) is 5.53. The van der Waals surface area contributed by atoms with Gasteiger partial charge in [0.2, 0.25) is 0 Å². The SMILES string of the molecule is CCCCNC(=O)/C(=C/c1ccc(OC)cc1)NC(=O)c1ccco1. The van der Waals surface area contributed by atoms with Gasteiger partial charge in [0.25, 0.3) is 11.8 Å². The molecular weight excluding hydrogens is 320 g/mol. The fourth-order valence-electron chi connectivity index (χ4n) is 2.09. The molecule has 0 aliphatic heterocycles. The third-order valence-electron chi connectivity index (χ3n) is 3.48. The van der Waals surface area contributed by atoms with Crippen molar-refractivity contribution < 1.29 is 18.7 Å². The molecule has 2 amide bonds. The maximum Gasteiger partial charge on any atom is 0.291 e. The minimum Gasteiger partial charge on any atom is -0.497 e. The highest BCUT2D eigenvalue weighted by Crippen LogP contribution is 2.14. The smallest absolute Gasteiger partial charge is 0.291 e. The van der Waals surface area contributed by atoms with Gasteiger partial charge in [0.15, 0.2) is 5.76 Å². The number of hydrogen-bond acceptors (Lipinski definition) is 4. The number of nitrogens with one attached hydrogen (secondary N) is 2. The average molecular weight is 342 g/mol. The molecule has 0 spiro atoms. The average Bonchev–Trinajstić information content (AvgIpc) is 3.16. The Bertz CT molecular complexity index is 718. The highest BCUT2D eigenvalue weighted by Gasteiger charge is 2.16. The minimum atomic E-state index is -0.476. The van der Waals surface area contributed by atoms with Gasteiger partial charge in [-0.1, -0.05) is 25.5 Å². The molecule has 25 heavy (non-hydrogen) atoms. The number of hydrogen-bond donors (Lipinski definition) is 2. The van der Waals surface area contributed by atoms with Crippen LogP contribution in [0.3, 0.4) is 0 Å². The number of carbonyl (C=O) groups is 2. The van der Waals surface area contributed by atoms with Gasteiger partial charge >= 0.3 is 0 Å². The lowest BCUT2D eigenvalue weighted by atomic mass is 10.1. The zero-order valence-corrected chi connectivity index (χ0v) is 14.4. The zero-order valence-electron chi connectivity index (χ0n) is 14.4. The van der Waals surface area contributed by atoms with E-state index in [0.29, 0.717) is 12.3 Å². The van der Waals surface area contributed by atoms with Crippen molar-refractivity contribution in [1.82, 2.24) is 10.6 Å². The Labute approximate surface area is 146 Å². The van der Waals surface area contributed by atoms with Crippen LogP contribution >= 0.6 is 0 Å². The van der Waals surface area contributed by atoms with E-state index in [9.17, 15) is 9.59 Å². The molecule has 0 aliphatic carbocycles. The van der Waals surface area contributed by atoms with Crippen molar-refractivity contribution in [2.24, 2.45) is 0 Å². The summed E-state index contributed by atoms with van der Waals surface area (Å²) in [5.41, 5.74) is 0.920. The van der Waals surface area contributed by atoms with Gasteiger partial charge in [-0.05, 0) is 42.3 Å². The first kappa shape index (κ1) is 18.3. The topological polar surface area (TPSA) is 80.6 Å². The maximum atomic E-state index is 12.4. The largest absolute Gasteiger partial charge is 0.497 e. The summed E-state index contributed by atoms with van der Waals surface area (Å²) in [5, 5.41) is 5.41. The monoisotopic (exact) mass is 342 g/mol. The van der Waals surface area contributed by atoms with Crippen molar-refractivity contribution in [3.63, 3.8) is 0 Å². The minimum absolute atomic E-state index is 0.141. The Morgan fingerprint density at radius 2 is 1.96 bits per heavy atom. The first-order chi connectivity index (χ1) is 12.1. The number of benzene rings is 1. The van der Waals surface area contributed by atoms with Crippen LogP contribution in [0.15, 0.2) is 52.8 Å². The normalized spacial score (nSPS) is 11.0. The molecular formula is C19H22N2O4. The number of rotatable bonds is 8. The summed E-state index contributed by atoms with van der Waals surface area (Å²) in [7, 11) is 1.58. The molecule has 0 saturated carbocycles. The molecule has 132 valence electrons. The number of ether oxygens (including phenoxy) is 1. The molecule has 0 aliphatic rings. The van der Waals surface area contributed by atoms with E-state index in [-0.39, 0.29) is 17.4 Å². The van der Waals surface area contributed by atoms with Crippen LogP contribution in [0.1, 0.15) is 35.9 Å². The molecule has 0 atom stereocenters. The number of methoxy groups -OCH3 is 1. The summed E-state index contributed by atoms with van der Waals surface area (Å²) in [6, 6.07) is 10.3. The van der Waals surface area contributed by atoms with E-state index in [1.807, 2.05) is 6.92 Å². The predicted octanol–water partition coefficient (Wildman–Crippen LogP) is 2.98. The highest BCUT2D eigenvalue weighted by atomic mass is 16.5. The van der Waals surface area contributed by atoms with E-state index in [1.165, 1.54) is 12.3 Å². The molecule has 6 heteroatoms. The van der Waals surface area contributed by atoms with Crippen molar-refractivity contribution in [2.45, 2.75) is 19.8 Å². The van der Waals surface area contributed by atoms with E-state index in [1.54, 1.807) is 43.5 Å². The van der Waals surface area contributed by atoms with Gasteiger partial charge in [-0.3, -0.25) is 9.59 Å². The molecule has 2 aromatic rings. The molecule has 0 bridgehead atoms. The fraction of sp³-hybridized carbons (Fsp3) is 0.263. The maximum absolute atomic E-state index is 12.4. The molecule has 2 N–H and O–H groups in total. The van der Waals surface area contributed by atoms with E-state index in [4.69, 9.17) is 9.15 Å². The molecule has 1 aromatic heterocycles. The Morgan fingerprint density at radius 3 is 2.56 bits per heavy atom. The summed E-state index contributed by atoms with van der Waals surface area (Å²) in [6.07, 6.45) is 4.86. The van der Waals surface area contributed by atoms with Gasteiger partial charge < -0.3 is 19.8 Å². The summed E-state index contributed by atoms with van der Waals surface area (Å²) in [6.45, 7) is 2.59. The number of carbonyl (C=O) groups excluding carboxylic acids is 2. The molecule has 0 unspecified atom stereocenters. The van der Waals surface area contributed by atoms with Crippen LogP contribution in [0.2, 0.25) is 0 Å². The van der Waals surface area contributed by atoms with Crippen molar-refractivity contribution in [1.29, 1.82) is 0 Å². The van der Waals surface area contributed by atoms with Gasteiger partial charge in [0, 0.05) is 6.54 Å². The zero-order chi connectivity index (χ0) is 18.1. The van der Waals surface area contributed by atoms with Crippen molar-refractivity contribution in [2.75, 3.05) is 13.7 Å². The van der Waals surface area contributed by atoms with E-state index >= 15 is 0 Å². The van der Waals surface area contributed by atoms with E-state index in [0.717, 1.165) is 18.4 Å². The second-order valence-electron chi connectivity index (χ2n) is 5.37. The second-order valence-corrected chi connectivity index (χ2v) is 5.37. The van der Waals surface area contributed by atoms with Crippen LogP contribution in [0, 0.1) is 0 Å². The lowest BCUT2D eigenvalue weighted by Crippen LogP contribution is -2.35. The third-order valence-corrected chi connectivity index (χ3v) is 3.48. The standard InChI is InChI=1S/C19H22N2O4/c1-3-4-11-20-18(22)16(21-19(23)17-6-5-12-25-17)13-14-7-9-15(24-2)10-8-14/h5-10,12-13H,3-4,11H2,1-2H3,(H,20,22)(H,21,23)/b16-13-. The van der Waals surface area contributed by atoms with Crippen LogP contribution < -0.4 is 15.4 Å². The molecule has 0 fully saturated rings. The fourth-order valence-corrected chi connectivity index (χ4v) is 2.09. The Morgan fingerprint density at radius 1 is 1.20 bits per heavy atom. The first-order valence-electron chi connectivity index (χ1n) is 8.13. The second kappa shape index (κ2) is 9.32. The predicted molar refractivity (Wildman–Crippen MR) is 95.1 cm³/mol. The molecule has 6 nitrogen and oxygen atoms in total. The van der Waals surface area contributed by atoms with Crippen molar-refractivity contribution in [3.8, 4) is 5.75 Å². The summed E-state index contributed by atoms with van der Waals surface area (Å²) >= 11 is 0. The van der Waals surface area contributed by atoms with Gasteiger partial charge in [-0.25, -0.2) is 0 Å². The number of furan rings is 1.